The van der Waals surface area contributed by atoms with Gasteiger partial charge in [0.15, 0.2) is 0 Å². The number of rotatable bonds is 9. The highest BCUT2D eigenvalue weighted by Crippen LogP contribution is 2.19. The van der Waals surface area contributed by atoms with Crippen molar-refractivity contribution < 1.29 is 9.53 Å². The zero-order valence-corrected chi connectivity index (χ0v) is 17.1. The van der Waals surface area contributed by atoms with Gasteiger partial charge in [-0.1, -0.05) is 12.1 Å². The number of benzene rings is 1. The molecule has 0 radical (unpaired) electrons. The quantitative estimate of drug-likeness (QED) is 0.667. The van der Waals surface area contributed by atoms with Gasteiger partial charge >= 0.3 is 0 Å². The zero-order chi connectivity index (χ0) is 19.8. The van der Waals surface area contributed by atoms with E-state index in [4.69, 9.17) is 4.74 Å². The van der Waals surface area contributed by atoms with E-state index >= 15 is 0 Å². The molecule has 1 amide bonds. The zero-order valence-electron chi connectivity index (χ0n) is 17.1. The van der Waals surface area contributed by atoms with Gasteiger partial charge in [-0.15, -0.1) is 0 Å². The van der Waals surface area contributed by atoms with Gasteiger partial charge in [0, 0.05) is 38.6 Å². The molecule has 1 aromatic carbocycles. The number of imidazole rings is 1. The van der Waals surface area contributed by atoms with Crippen LogP contribution in [0.5, 0.6) is 5.75 Å². The van der Waals surface area contributed by atoms with Crippen LogP contribution in [0.15, 0.2) is 43.0 Å². The average Bonchev–Trinajstić information content (AvgIpc) is 3.24. The van der Waals surface area contributed by atoms with Crippen LogP contribution in [0, 0.1) is 5.92 Å². The highest BCUT2D eigenvalue weighted by Gasteiger charge is 2.23. The number of carbonyl (C=O) groups is 1. The molecule has 0 spiro atoms. The molecule has 6 nitrogen and oxygen atoms in total. The third-order valence-corrected chi connectivity index (χ3v) is 5.54. The predicted molar refractivity (Wildman–Crippen MR) is 110 cm³/mol. The molecule has 1 aliphatic heterocycles. The number of hydrogen-bond donors (Lipinski definition) is 0. The molecule has 2 heterocycles. The number of aromatic nitrogens is 2. The Balaban J connectivity index is 1.48. The van der Waals surface area contributed by atoms with Crippen LogP contribution in [0.25, 0.3) is 0 Å². The lowest BCUT2D eigenvalue weighted by Gasteiger charge is -2.35. The molecular formula is C22H32N4O2. The molecule has 152 valence electrons. The number of hydrogen-bond acceptors (Lipinski definition) is 4. The van der Waals surface area contributed by atoms with E-state index in [0.717, 1.165) is 44.9 Å². The van der Waals surface area contributed by atoms with Crippen LogP contribution < -0.4 is 4.74 Å². The van der Waals surface area contributed by atoms with Crippen molar-refractivity contribution >= 4 is 5.91 Å². The maximum atomic E-state index is 12.6. The molecule has 1 aromatic heterocycles. The maximum Gasteiger partial charge on any atom is 0.242 e. The highest BCUT2D eigenvalue weighted by atomic mass is 16.5. The molecule has 1 aliphatic rings. The van der Waals surface area contributed by atoms with Gasteiger partial charge in [-0.3, -0.25) is 4.79 Å². The standard InChI is InChI=1S/C22H32N4O2/c1-3-26(22(27)17-25-13-10-23-18-25)16-20-7-5-11-24(15-20)12-9-19-6-4-8-21(14-19)28-2/h4,6,8,10,13-14,18,20H,3,5,7,9,11-12,15-17H2,1-2H3/t20-/m0/s1. The molecular weight excluding hydrogens is 352 g/mol. The minimum Gasteiger partial charge on any atom is -0.497 e. The monoisotopic (exact) mass is 384 g/mol. The summed E-state index contributed by atoms with van der Waals surface area (Å²) in [4.78, 5) is 21.2. The van der Waals surface area contributed by atoms with Crippen LogP contribution in [0.2, 0.25) is 0 Å². The average molecular weight is 385 g/mol. The van der Waals surface area contributed by atoms with Crippen molar-refractivity contribution in [2.24, 2.45) is 5.92 Å². The SMILES string of the molecule is CCN(C[C@H]1CCCN(CCc2cccc(OC)c2)C1)C(=O)Cn1ccnc1. The van der Waals surface area contributed by atoms with E-state index in [9.17, 15) is 4.79 Å². The Bertz CT molecular complexity index is 732. The van der Waals surface area contributed by atoms with Crippen LogP contribution >= 0.6 is 0 Å². The predicted octanol–water partition coefficient (Wildman–Crippen LogP) is 2.69. The second-order valence-electron chi connectivity index (χ2n) is 7.58. The van der Waals surface area contributed by atoms with Crippen molar-refractivity contribution in [3.8, 4) is 5.75 Å². The fraction of sp³-hybridized carbons (Fsp3) is 0.545. The molecule has 0 aliphatic carbocycles. The van der Waals surface area contributed by atoms with E-state index in [1.54, 1.807) is 19.6 Å². The Morgan fingerprint density at radius 1 is 1.39 bits per heavy atom. The molecule has 0 bridgehead atoms. The van der Waals surface area contributed by atoms with E-state index in [2.05, 4.69) is 35.0 Å². The van der Waals surface area contributed by atoms with Gasteiger partial charge in [-0.25, -0.2) is 4.98 Å². The Kier molecular flexibility index (Phi) is 7.48. The molecule has 1 fully saturated rings. The van der Waals surface area contributed by atoms with Crippen LogP contribution in [-0.2, 0) is 17.8 Å². The van der Waals surface area contributed by atoms with E-state index in [1.807, 2.05) is 21.7 Å². The van der Waals surface area contributed by atoms with Crippen LogP contribution in [0.3, 0.4) is 0 Å². The van der Waals surface area contributed by atoms with Gasteiger partial charge in [0.25, 0.3) is 0 Å². The molecule has 0 saturated carbocycles. The molecule has 28 heavy (non-hydrogen) atoms. The Hall–Kier alpha value is -2.34. The molecule has 1 atom stereocenters. The second-order valence-corrected chi connectivity index (χ2v) is 7.58. The first-order chi connectivity index (χ1) is 13.7. The summed E-state index contributed by atoms with van der Waals surface area (Å²) in [7, 11) is 1.71. The molecule has 2 aromatic rings. The lowest BCUT2D eigenvalue weighted by molar-refractivity contribution is -0.132. The highest BCUT2D eigenvalue weighted by molar-refractivity contribution is 5.75. The van der Waals surface area contributed by atoms with Crippen molar-refractivity contribution in [3.05, 3.63) is 48.5 Å². The minimum atomic E-state index is 0.175. The van der Waals surface area contributed by atoms with E-state index in [0.29, 0.717) is 12.5 Å². The van der Waals surface area contributed by atoms with Crippen molar-refractivity contribution in [1.29, 1.82) is 0 Å². The van der Waals surface area contributed by atoms with Gasteiger partial charge in [0.2, 0.25) is 5.91 Å². The number of likely N-dealkylation sites (N-methyl/N-ethyl adjacent to an activating group) is 1. The number of likely N-dealkylation sites (tertiary alicyclic amines) is 1. The Morgan fingerprint density at radius 3 is 3.04 bits per heavy atom. The minimum absolute atomic E-state index is 0.175. The van der Waals surface area contributed by atoms with E-state index < -0.39 is 0 Å². The van der Waals surface area contributed by atoms with Gasteiger partial charge in [-0.05, 0) is 56.3 Å². The molecule has 6 heteroatoms. The largest absolute Gasteiger partial charge is 0.497 e. The number of amides is 1. The van der Waals surface area contributed by atoms with Gasteiger partial charge in [0.05, 0.1) is 13.4 Å². The summed E-state index contributed by atoms with van der Waals surface area (Å²) in [6.45, 7) is 7.32. The van der Waals surface area contributed by atoms with E-state index in [-0.39, 0.29) is 5.91 Å². The third kappa shape index (κ3) is 5.83. The lowest BCUT2D eigenvalue weighted by atomic mass is 9.96. The normalized spacial score (nSPS) is 17.4. The summed E-state index contributed by atoms with van der Waals surface area (Å²) >= 11 is 0. The van der Waals surface area contributed by atoms with Crippen molar-refractivity contribution in [3.63, 3.8) is 0 Å². The summed E-state index contributed by atoms with van der Waals surface area (Å²) < 4.78 is 7.16. The first-order valence-electron chi connectivity index (χ1n) is 10.3. The van der Waals surface area contributed by atoms with Crippen molar-refractivity contribution in [2.45, 2.75) is 32.7 Å². The molecule has 0 unspecified atom stereocenters. The van der Waals surface area contributed by atoms with Crippen LogP contribution in [0.4, 0.5) is 0 Å². The van der Waals surface area contributed by atoms with Gasteiger partial charge in [0.1, 0.15) is 12.3 Å². The third-order valence-electron chi connectivity index (χ3n) is 5.54. The fourth-order valence-electron chi connectivity index (χ4n) is 3.97. The smallest absolute Gasteiger partial charge is 0.242 e. The summed E-state index contributed by atoms with van der Waals surface area (Å²) in [5.74, 6) is 1.64. The van der Waals surface area contributed by atoms with Crippen molar-refractivity contribution in [1.82, 2.24) is 19.4 Å². The fourth-order valence-corrected chi connectivity index (χ4v) is 3.97. The maximum absolute atomic E-state index is 12.6. The lowest BCUT2D eigenvalue weighted by Crippen LogP contribution is -2.44. The number of methoxy groups -OCH3 is 1. The Morgan fingerprint density at radius 2 is 2.29 bits per heavy atom. The first-order valence-corrected chi connectivity index (χ1v) is 10.3. The van der Waals surface area contributed by atoms with Crippen LogP contribution in [0.1, 0.15) is 25.3 Å². The van der Waals surface area contributed by atoms with Gasteiger partial charge < -0.3 is 19.1 Å². The summed E-state index contributed by atoms with van der Waals surface area (Å²) in [5, 5.41) is 0. The molecule has 3 rings (SSSR count). The summed E-state index contributed by atoms with van der Waals surface area (Å²) in [6, 6.07) is 8.32. The van der Waals surface area contributed by atoms with E-state index in [1.165, 1.54) is 18.4 Å². The second kappa shape index (κ2) is 10.3. The van der Waals surface area contributed by atoms with Gasteiger partial charge in [-0.2, -0.15) is 0 Å². The summed E-state index contributed by atoms with van der Waals surface area (Å²) in [5.41, 5.74) is 1.31. The summed E-state index contributed by atoms with van der Waals surface area (Å²) in [6.07, 6.45) is 8.69. The number of piperidine rings is 1. The van der Waals surface area contributed by atoms with Crippen molar-refractivity contribution in [2.75, 3.05) is 39.8 Å². The number of carbonyl (C=O) groups excluding carboxylic acids is 1. The topological polar surface area (TPSA) is 50.6 Å². The van der Waals surface area contributed by atoms with Crippen LogP contribution in [-0.4, -0.2) is 65.1 Å². The molecule has 1 saturated heterocycles. The molecule has 0 N–H and O–H groups in total. The number of ether oxygens (including phenoxy) is 1. The Labute approximate surface area is 168 Å². The first kappa shape index (κ1) is 20.4. The number of nitrogens with zero attached hydrogens (tertiary/aromatic N) is 4.